The van der Waals surface area contributed by atoms with Crippen molar-refractivity contribution in [2.45, 2.75) is 50.6 Å². The molecule has 1 aromatic heterocycles. The Balaban J connectivity index is 1.37. The van der Waals surface area contributed by atoms with Crippen LogP contribution in [0.3, 0.4) is 0 Å². The molecule has 1 fully saturated rings. The molecule has 1 saturated carbocycles. The first kappa shape index (κ1) is 19.4. The molecule has 0 atom stereocenters. The van der Waals surface area contributed by atoms with Gasteiger partial charge in [0.1, 0.15) is 0 Å². The lowest BCUT2D eigenvalue weighted by Crippen LogP contribution is -2.53. The highest BCUT2D eigenvalue weighted by Gasteiger charge is 2.45. The SMILES string of the molecule is O=C(CC1(N2Cc3ccccc3C2=O)CCCCC1)NCCNc1ncccn1. The zero-order valence-corrected chi connectivity index (χ0v) is 16.6. The van der Waals surface area contributed by atoms with Crippen molar-refractivity contribution in [2.75, 3.05) is 18.4 Å². The number of hydrogen-bond donors (Lipinski definition) is 2. The Bertz CT molecular complexity index is 865. The fourth-order valence-corrected chi connectivity index (χ4v) is 4.52. The molecule has 0 radical (unpaired) electrons. The Morgan fingerprint density at radius 3 is 2.55 bits per heavy atom. The van der Waals surface area contributed by atoms with Gasteiger partial charge in [0.25, 0.3) is 5.91 Å². The Morgan fingerprint density at radius 2 is 1.79 bits per heavy atom. The maximum Gasteiger partial charge on any atom is 0.254 e. The van der Waals surface area contributed by atoms with Crippen LogP contribution in [0.5, 0.6) is 0 Å². The summed E-state index contributed by atoms with van der Waals surface area (Å²) in [6.07, 6.45) is 8.75. The van der Waals surface area contributed by atoms with Crippen LogP contribution in [0.15, 0.2) is 42.7 Å². The predicted octanol–water partition coefficient (Wildman–Crippen LogP) is 2.75. The summed E-state index contributed by atoms with van der Waals surface area (Å²) in [5.74, 6) is 0.607. The van der Waals surface area contributed by atoms with Gasteiger partial charge in [0.15, 0.2) is 0 Å². The van der Waals surface area contributed by atoms with Gasteiger partial charge in [0, 0.05) is 44.0 Å². The second-order valence-electron chi connectivity index (χ2n) is 7.86. The molecule has 7 heteroatoms. The molecule has 2 heterocycles. The number of fused-ring (bicyclic) bond motifs is 1. The Labute approximate surface area is 170 Å². The molecule has 0 saturated heterocycles. The molecule has 0 spiro atoms. The first-order valence-electron chi connectivity index (χ1n) is 10.4. The van der Waals surface area contributed by atoms with Gasteiger partial charge in [-0.3, -0.25) is 9.59 Å². The van der Waals surface area contributed by atoms with Gasteiger partial charge in [-0.15, -0.1) is 0 Å². The van der Waals surface area contributed by atoms with Gasteiger partial charge in [-0.05, 0) is 30.5 Å². The summed E-state index contributed by atoms with van der Waals surface area (Å²) in [6.45, 7) is 1.65. The van der Waals surface area contributed by atoms with Crippen LogP contribution in [0.4, 0.5) is 5.95 Å². The van der Waals surface area contributed by atoms with Crippen LogP contribution in [0.1, 0.15) is 54.4 Å². The summed E-state index contributed by atoms with van der Waals surface area (Å²) in [6, 6.07) is 9.55. The maximum absolute atomic E-state index is 13.1. The van der Waals surface area contributed by atoms with E-state index < -0.39 is 0 Å². The third-order valence-corrected chi connectivity index (χ3v) is 5.96. The van der Waals surface area contributed by atoms with Crippen molar-refractivity contribution in [3.63, 3.8) is 0 Å². The number of rotatable bonds is 7. The monoisotopic (exact) mass is 393 g/mol. The van der Waals surface area contributed by atoms with Crippen LogP contribution >= 0.6 is 0 Å². The minimum Gasteiger partial charge on any atom is -0.354 e. The summed E-state index contributed by atoms with van der Waals surface area (Å²) >= 11 is 0. The number of nitrogens with one attached hydrogen (secondary N) is 2. The average molecular weight is 393 g/mol. The van der Waals surface area contributed by atoms with Crippen LogP contribution in [-0.2, 0) is 11.3 Å². The zero-order valence-electron chi connectivity index (χ0n) is 16.6. The van der Waals surface area contributed by atoms with Gasteiger partial charge >= 0.3 is 0 Å². The van der Waals surface area contributed by atoms with Crippen LogP contribution in [0.2, 0.25) is 0 Å². The van der Waals surface area contributed by atoms with Crippen LogP contribution < -0.4 is 10.6 Å². The summed E-state index contributed by atoms with van der Waals surface area (Å²) in [5.41, 5.74) is 1.47. The van der Waals surface area contributed by atoms with Crippen LogP contribution in [0, 0.1) is 0 Å². The van der Waals surface area contributed by atoms with E-state index in [1.54, 1.807) is 18.5 Å². The highest BCUT2D eigenvalue weighted by molar-refractivity contribution is 5.99. The summed E-state index contributed by atoms with van der Waals surface area (Å²) < 4.78 is 0. The van der Waals surface area contributed by atoms with E-state index in [0.29, 0.717) is 32.0 Å². The Morgan fingerprint density at radius 1 is 1.03 bits per heavy atom. The number of benzene rings is 1. The number of anilines is 1. The molecule has 2 amide bonds. The predicted molar refractivity (Wildman–Crippen MR) is 110 cm³/mol. The molecule has 2 aliphatic rings. The first-order valence-corrected chi connectivity index (χ1v) is 10.4. The minimum atomic E-state index is -0.381. The van der Waals surface area contributed by atoms with Crippen molar-refractivity contribution < 1.29 is 9.59 Å². The van der Waals surface area contributed by atoms with E-state index in [2.05, 4.69) is 20.6 Å². The smallest absolute Gasteiger partial charge is 0.254 e. The summed E-state index contributed by atoms with van der Waals surface area (Å²) in [5, 5.41) is 6.08. The van der Waals surface area contributed by atoms with Crippen LogP contribution in [0.25, 0.3) is 0 Å². The molecule has 0 unspecified atom stereocenters. The topological polar surface area (TPSA) is 87.2 Å². The van der Waals surface area contributed by atoms with E-state index in [0.717, 1.165) is 36.8 Å². The number of carbonyl (C=O) groups excluding carboxylic acids is 2. The molecule has 1 aromatic carbocycles. The van der Waals surface area contributed by atoms with Gasteiger partial charge in [-0.25, -0.2) is 9.97 Å². The minimum absolute atomic E-state index is 0.00793. The fourth-order valence-electron chi connectivity index (χ4n) is 4.52. The Kier molecular flexibility index (Phi) is 5.74. The van der Waals surface area contributed by atoms with E-state index in [1.807, 2.05) is 29.2 Å². The lowest BCUT2D eigenvalue weighted by molar-refractivity contribution is -0.124. The molecule has 4 rings (SSSR count). The van der Waals surface area contributed by atoms with Crippen LogP contribution in [-0.4, -0.2) is 45.3 Å². The van der Waals surface area contributed by atoms with Crippen molar-refractivity contribution in [3.05, 3.63) is 53.9 Å². The lowest BCUT2D eigenvalue weighted by atomic mass is 9.77. The van der Waals surface area contributed by atoms with Gasteiger partial charge in [-0.1, -0.05) is 37.5 Å². The molecule has 1 aliphatic carbocycles. The number of aromatic nitrogens is 2. The van der Waals surface area contributed by atoms with Crippen molar-refractivity contribution in [3.8, 4) is 0 Å². The molecule has 0 bridgehead atoms. The number of amides is 2. The van der Waals surface area contributed by atoms with E-state index >= 15 is 0 Å². The van der Waals surface area contributed by atoms with Crippen molar-refractivity contribution in [1.29, 1.82) is 0 Å². The zero-order chi connectivity index (χ0) is 20.1. The first-order chi connectivity index (χ1) is 14.2. The average Bonchev–Trinajstić information content (AvgIpc) is 3.10. The van der Waals surface area contributed by atoms with Crippen molar-refractivity contribution in [2.24, 2.45) is 0 Å². The van der Waals surface area contributed by atoms with Gasteiger partial charge < -0.3 is 15.5 Å². The Hall–Kier alpha value is -2.96. The van der Waals surface area contributed by atoms with E-state index in [-0.39, 0.29) is 17.4 Å². The van der Waals surface area contributed by atoms with E-state index in [1.165, 1.54) is 6.42 Å². The molecular formula is C22H27N5O2. The number of nitrogens with zero attached hydrogens (tertiary/aromatic N) is 3. The number of carbonyl (C=O) groups is 2. The largest absolute Gasteiger partial charge is 0.354 e. The molecule has 152 valence electrons. The normalized spacial score (nSPS) is 17.7. The lowest BCUT2D eigenvalue weighted by Gasteiger charge is -2.44. The van der Waals surface area contributed by atoms with Gasteiger partial charge in [-0.2, -0.15) is 0 Å². The maximum atomic E-state index is 13.1. The second-order valence-corrected chi connectivity index (χ2v) is 7.86. The highest BCUT2D eigenvalue weighted by atomic mass is 16.2. The van der Waals surface area contributed by atoms with Gasteiger partial charge in [0.2, 0.25) is 11.9 Å². The van der Waals surface area contributed by atoms with E-state index in [9.17, 15) is 9.59 Å². The fraction of sp³-hybridized carbons (Fsp3) is 0.455. The third kappa shape index (κ3) is 4.23. The third-order valence-electron chi connectivity index (χ3n) is 5.96. The van der Waals surface area contributed by atoms with Crippen molar-refractivity contribution in [1.82, 2.24) is 20.2 Å². The molecule has 2 N–H and O–H groups in total. The summed E-state index contributed by atoms with van der Waals surface area (Å²) in [4.78, 5) is 36.0. The molecule has 29 heavy (non-hydrogen) atoms. The standard InChI is InChI=1S/C22H27N5O2/c28-19(23-13-14-26-21-24-11-6-12-25-21)15-22(9-4-1-5-10-22)27-16-17-7-2-3-8-18(17)20(27)29/h2-3,6-8,11-12H,1,4-5,9-10,13-16H2,(H,23,28)(H,24,25,26). The summed E-state index contributed by atoms with van der Waals surface area (Å²) in [7, 11) is 0. The van der Waals surface area contributed by atoms with E-state index in [4.69, 9.17) is 0 Å². The van der Waals surface area contributed by atoms with Crippen molar-refractivity contribution >= 4 is 17.8 Å². The number of hydrogen-bond acceptors (Lipinski definition) is 5. The second kappa shape index (κ2) is 8.59. The molecular weight excluding hydrogens is 366 g/mol. The highest BCUT2D eigenvalue weighted by Crippen LogP contribution is 2.41. The quantitative estimate of drug-likeness (QED) is 0.707. The molecule has 7 nitrogen and oxygen atoms in total. The van der Waals surface area contributed by atoms with Gasteiger partial charge in [0.05, 0.1) is 5.54 Å². The molecule has 1 aliphatic heterocycles. The molecule has 2 aromatic rings.